The van der Waals surface area contributed by atoms with Crippen molar-refractivity contribution in [3.63, 3.8) is 0 Å². The first-order valence-corrected chi connectivity index (χ1v) is 3.85. The van der Waals surface area contributed by atoms with Gasteiger partial charge in [-0.1, -0.05) is 6.08 Å². The SMILES string of the molecule is FC(F)OCCCN1CC=CN1. The van der Waals surface area contributed by atoms with E-state index in [9.17, 15) is 8.78 Å². The van der Waals surface area contributed by atoms with Gasteiger partial charge in [-0.15, -0.1) is 0 Å². The molecule has 70 valence electrons. The molecule has 0 aromatic rings. The summed E-state index contributed by atoms with van der Waals surface area (Å²) in [5, 5.41) is 1.93. The highest BCUT2D eigenvalue weighted by Crippen LogP contribution is 1.98. The lowest BCUT2D eigenvalue weighted by Crippen LogP contribution is -2.31. The van der Waals surface area contributed by atoms with Crippen LogP contribution in [0.3, 0.4) is 0 Å². The van der Waals surface area contributed by atoms with Crippen LogP contribution in [0.15, 0.2) is 12.3 Å². The van der Waals surface area contributed by atoms with E-state index in [0.717, 1.165) is 13.1 Å². The summed E-state index contributed by atoms with van der Waals surface area (Å²) >= 11 is 0. The van der Waals surface area contributed by atoms with Gasteiger partial charge in [0.15, 0.2) is 0 Å². The lowest BCUT2D eigenvalue weighted by Gasteiger charge is -2.14. The second-order valence-corrected chi connectivity index (χ2v) is 2.46. The molecule has 0 radical (unpaired) electrons. The van der Waals surface area contributed by atoms with Crippen LogP contribution in [0.2, 0.25) is 0 Å². The summed E-state index contributed by atoms with van der Waals surface area (Å²) in [7, 11) is 0. The molecule has 0 aromatic heterocycles. The molecule has 0 unspecified atom stereocenters. The van der Waals surface area contributed by atoms with Crippen LogP contribution in [0.5, 0.6) is 0 Å². The lowest BCUT2D eigenvalue weighted by atomic mass is 10.4. The van der Waals surface area contributed by atoms with Gasteiger partial charge in [0.05, 0.1) is 6.61 Å². The first-order chi connectivity index (χ1) is 5.79. The van der Waals surface area contributed by atoms with E-state index in [0.29, 0.717) is 6.42 Å². The Morgan fingerprint density at radius 3 is 3.00 bits per heavy atom. The second kappa shape index (κ2) is 5.05. The Balaban J connectivity index is 1.89. The van der Waals surface area contributed by atoms with E-state index in [1.54, 1.807) is 0 Å². The Morgan fingerprint density at radius 2 is 2.42 bits per heavy atom. The van der Waals surface area contributed by atoms with Gasteiger partial charge in [0.1, 0.15) is 0 Å². The number of hydrogen-bond donors (Lipinski definition) is 1. The minimum Gasteiger partial charge on any atom is -0.326 e. The van der Waals surface area contributed by atoms with Gasteiger partial charge in [0.2, 0.25) is 0 Å². The quantitative estimate of drug-likeness (QED) is 0.634. The Morgan fingerprint density at radius 1 is 1.58 bits per heavy atom. The van der Waals surface area contributed by atoms with Gasteiger partial charge in [0.25, 0.3) is 0 Å². The molecule has 5 heteroatoms. The number of nitrogens with zero attached hydrogens (tertiary/aromatic N) is 1. The van der Waals surface area contributed by atoms with Gasteiger partial charge in [-0.2, -0.15) is 8.78 Å². The maximum Gasteiger partial charge on any atom is 0.345 e. The predicted octanol–water partition coefficient (Wildman–Crippen LogP) is 0.950. The molecule has 3 nitrogen and oxygen atoms in total. The average molecular weight is 178 g/mol. The molecule has 0 saturated carbocycles. The van der Waals surface area contributed by atoms with Crippen LogP contribution in [-0.4, -0.2) is 31.3 Å². The molecule has 1 N–H and O–H groups in total. The van der Waals surface area contributed by atoms with Crippen LogP contribution in [0.25, 0.3) is 0 Å². The fourth-order valence-corrected chi connectivity index (χ4v) is 0.974. The van der Waals surface area contributed by atoms with Crippen molar-refractivity contribution in [3.8, 4) is 0 Å². The molecular weight excluding hydrogens is 166 g/mol. The number of alkyl halides is 2. The number of ether oxygens (including phenoxy) is 1. The molecule has 1 aliphatic heterocycles. The van der Waals surface area contributed by atoms with E-state index in [-0.39, 0.29) is 6.61 Å². The Hall–Kier alpha value is -0.680. The summed E-state index contributed by atoms with van der Waals surface area (Å²) in [6.07, 6.45) is 4.40. The summed E-state index contributed by atoms with van der Waals surface area (Å²) < 4.78 is 27.0. The molecule has 0 aliphatic carbocycles. The molecule has 12 heavy (non-hydrogen) atoms. The van der Waals surface area contributed by atoms with Gasteiger partial charge in [-0.3, -0.25) is 0 Å². The highest BCUT2D eigenvalue weighted by atomic mass is 19.3. The minimum atomic E-state index is -2.64. The van der Waals surface area contributed by atoms with E-state index in [1.165, 1.54) is 0 Å². The monoisotopic (exact) mass is 178 g/mol. The van der Waals surface area contributed by atoms with Crippen molar-refractivity contribution in [2.75, 3.05) is 19.7 Å². The van der Waals surface area contributed by atoms with Crippen LogP contribution in [0.4, 0.5) is 8.78 Å². The third-order valence-corrected chi connectivity index (χ3v) is 1.52. The van der Waals surface area contributed by atoms with E-state index in [4.69, 9.17) is 0 Å². The van der Waals surface area contributed by atoms with Crippen molar-refractivity contribution >= 4 is 0 Å². The number of rotatable bonds is 5. The summed E-state index contributed by atoms with van der Waals surface area (Å²) in [5.41, 5.74) is 2.95. The predicted molar refractivity (Wildman–Crippen MR) is 40.4 cm³/mol. The lowest BCUT2D eigenvalue weighted by molar-refractivity contribution is -0.130. The standard InChI is InChI=1S/C7H12F2N2O/c8-7(9)12-6-2-5-11-4-1-3-10-11/h1,3,7,10H,2,4-6H2. The minimum absolute atomic E-state index is 0.107. The van der Waals surface area contributed by atoms with Crippen molar-refractivity contribution < 1.29 is 13.5 Å². The molecule has 0 atom stereocenters. The van der Waals surface area contributed by atoms with Crippen molar-refractivity contribution in [1.82, 2.24) is 10.4 Å². The number of hydrogen-bond acceptors (Lipinski definition) is 3. The third kappa shape index (κ3) is 3.64. The smallest absolute Gasteiger partial charge is 0.326 e. The van der Waals surface area contributed by atoms with Gasteiger partial charge >= 0.3 is 6.61 Å². The van der Waals surface area contributed by atoms with Crippen LogP contribution in [0, 0.1) is 0 Å². The molecule has 0 spiro atoms. The first kappa shape index (κ1) is 9.41. The zero-order valence-electron chi connectivity index (χ0n) is 6.67. The molecule has 1 rings (SSSR count). The van der Waals surface area contributed by atoms with Crippen LogP contribution >= 0.6 is 0 Å². The van der Waals surface area contributed by atoms with Gasteiger partial charge in [-0.25, -0.2) is 5.01 Å². The maximum atomic E-state index is 11.5. The van der Waals surface area contributed by atoms with Gasteiger partial charge in [0, 0.05) is 19.3 Å². The summed E-state index contributed by atoms with van der Waals surface area (Å²) in [5.74, 6) is 0. The Labute approximate surface area is 70.0 Å². The molecule has 1 aliphatic rings. The van der Waals surface area contributed by atoms with Crippen molar-refractivity contribution in [3.05, 3.63) is 12.3 Å². The molecule has 1 heterocycles. The summed E-state index contributed by atoms with van der Waals surface area (Å²) in [4.78, 5) is 0. The van der Waals surface area contributed by atoms with Crippen molar-refractivity contribution in [1.29, 1.82) is 0 Å². The number of halogens is 2. The topological polar surface area (TPSA) is 24.5 Å². The molecule has 0 aromatic carbocycles. The second-order valence-electron chi connectivity index (χ2n) is 2.46. The Bertz CT molecular complexity index is 144. The van der Waals surface area contributed by atoms with Crippen molar-refractivity contribution in [2.45, 2.75) is 13.0 Å². The molecule has 0 bridgehead atoms. The average Bonchev–Trinajstić information content (AvgIpc) is 2.49. The fourth-order valence-electron chi connectivity index (χ4n) is 0.974. The summed E-state index contributed by atoms with van der Waals surface area (Å²) in [6.45, 7) is -0.987. The van der Waals surface area contributed by atoms with Gasteiger partial charge < -0.3 is 10.2 Å². The molecule has 0 amide bonds. The Kier molecular flexibility index (Phi) is 3.96. The normalized spacial score (nSPS) is 17.2. The largest absolute Gasteiger partial charge is 0.345 e. The van der Waals surface area contributed by atoms with Crippen LogP contribution in [-0.2, 0) is 4.74 Å². The maximum absolute atomic E-state index is 11.5. The van der Waals surface area contributed by atoms with E-state index in [2.05, 4.69) is 10.2 Å². The fraction of sp³-hybridized carbons (Fsp3) is 0.714. The van der Waals surface area contributed by atoms with E-state index in [1.807, 2.05) is 17.3 Å². The molecule has 0 fully saturated rings. The molecular formula is C7H12F2N2O. The number of hydrazine groups is 1. The van der Waals surface area contributed by atoms with Crippen LogP contribution in [0.1, 0.15) is 6.42 Å². The van der Waals surface area contributed by atoms with E-state index < -0.39 is 6.61 Å². The van der Waals surface area contributed by atoms with E-state index >= 15 is 0 Å². The van der Waals surface area contributed by atoms with Crippen molar-refractivity contribution in [2.24, 2.45) is 0 Å². The van der Waals surface area contributed by atoms with Crippen LogP contribution < -0.4 is 5.43 Å². The highest BCUT2D eigenvalue weighted by molar-refractivity contribution is 4.88. The molecule has 0 saturated heterocycles. The zero-order chi connectivity index (χ0) is 8.81. The zero-order valence-corrected chi connectivity index (χ0v) is 6.67. The van der Waals surface area contributed by atoms with Gasteiger partial charge in [-0.05, 0) is 6.42 Å². The first-order valence-electron chi connectivity index (χ1n) is 3.85. The number of nitrogens with one attached hydrogen (secondary N) is 1. The third-order valence-electron chi connectivity index (χ3n) is 1.52. The highest BCUT2D eigenvalue weighted by Gasteiger charge is 2.05. The summed E-state index contributed by atoms with van der Waals surface area (Å²) in [6, 6.07) is 0.